The van der Waals surface area contributed by atoms with Gasteiger partial charge in [0.1, 0.15) is 11.4 Å². The van der Waals surface area contributed by atoms with Crippen molar-refractivity contribution in [3.63, 3.8) is 0 Å². The SMILES string of the molecule is CC(C)(C)OC(=O)N1CC[C@H](c2ccc(Br)cc2F)[C@@H](O)C1. The van der Waals surface area contributed by atoms with Crippen molar-refractivity contribution in [2.24, 2.45) is 0 Å². The molecule has 6 heteroatoms. The van der Waals surface area contributed by atoms with Crippen LogP contribution in [-0.2, 0) is 4.74 Å². The molecule has 0 saturated carbocycles. The third-order valence-corrected chi connectivity index (χ3v) is 4.09. The number of hydrogen-bond acceptors (Lipinski definition) is 3. The highest BCUT2D eigenvalue weighted by Gasteiger charge is 2.34. The summed E-state index contributed by atoms with van der Waals surface area (Å²) in [5.74, 6) is -0.657. The molecule has 2 rings (SSSR count). The van der Waals surface area contributed by atoms with Crippen molar-refractivity contribution in [3.05, 3.63) is 34.1 Å². The molecule has 1 aliphatic rings. The third kappa shape index (κ3) is 4.20. The van der Waals surface area contributed by atoms with Crippen molar-refractivity contribution in [1.29, 1.82) is 0 Å². The van der Waals surface area contributed by atoms with Crippen LogP contribution < -0.4 is 0 Å². The van der Waals surface area contributed by atoms with Gasteiger partial charge in [-0.2, -0.15) is 0 Å². The smallest absolute Gasteiger partial charge is 0.410 e. The van der Waals surface area contributed by atoms with Gasteiger partial charge in [-0.25, -0.2) is 9.18 Å². The molecule has 1 aromatic carbocycles. The number of rotatable bonds is 1. The molecular weight excluding hydrogens is 353 g/mol. The van der Waals surface area contributed by atoms with Crippen LogP contribution in [0, 0.1) is 5.82 Å². The molecule has 0 bridgehead atoms. The predicted octanol–water partition coefficient (Wildman–Crippen LogP) is 3.67. The second kappa shape index (κ2) is 6.54. The number of benzene rings is 1. The standard InChI is InChI=1S/C16H21BrFNO3/c1-16(2,3)22-15(21)19-7-6-12(14(20)9-19)11-5-4-10(17)8-13(11)18/h4-5,8,12,14,20H,6-7,9H2,1-3H3/t12-,14+/m1/s1. The molecule has 122 valence electrons. The van der Waals surface area contributed by atoms with Crippen molar-refractivity contribution in [2.45, 2.75) is 44.8 Å². The molecule has 0 aliphatic carbocycles. The Labute approximate surface area is 138 Å². The zero-order valence-corrected chi connectivity index (χ0v) is 14.6. The van der Waals surface area contributed by atoms with Gasteiger partial charge < -0.3 is 14.7 Å². The molecule has 1 heterocycles. The van der Waals surface area contributed by atoms with E-state index in [4.69, 9.17) is 4.74 Å². The second-order valence-electron chi connectivity index (χ2n) is 6.55. The average Bonchev–Trinajstić information content (AvgIpc) is 2.37. The Kier molecular flexibility index (Phi) is 5.12. The maximum atomic E-state index is 14.0. The number of halogens is 2. The number of β-amino-alcohol motifs (C(OH)–C–C–N with tert-alkyl or cyclic N) is 1. The highest BCUT2D eigenvalue weighted by Crippen LogP contribution is 2.32. The third-order valence-electron chi connectivity index (χ3n) is 3.60. The number of carbonyl (C=O) groups is 1. The highest BCUT2D eigenvalue weighted by molar-refractivity contribution is 9.10. The van der Waals surface area contributed by atoms with E-state index in [1.54, 1.807) is 32.9 Å². The first-order valence-corrected chi connectivity index (χ1v) is 8.07. The van der Waals surface area contributed by atoms with Crippen LogP contribution >= 0.6 is 15.9 Å². The van der Waals surface area contributed by atoms with E-state index >= 15 is 0 Å². The van der Waals surface area contributed by atoms with Crippen LogP contribution in [0.25, 0.3) is 0 Å². The number of hydrogen-bond donors (Lipinski definition) is 1. The molecule has 22 heavy (non-hydrogen) atoms. The first kappa shape index (κ1) is 17.2. The molecule has 1 aliphatic heterocycles. The summed E-state index contributed by atoms with van der Waals surface area (Å²) in [4.78, 5) is 13.5. The first-order valence-electron chi connectivity index (χ1n) is 7.28. The van der Waals surface area contributed by atoms with E-state index in [9.17, 15) is 14.3 Å². The van der Waals surface area contributed by atoms with E-state index in [1.807, 2.05) is 0 Å². The van der Waals surface area contributed by atoms with Crippen molar-refractivity contribution in [1.82, 2.24) is 4.90 Å². The van der Waals surface area contributed by atoms with Gasteiger partial charge >= 0.3 is 6.09 Å². The van der Waals surface area contributed by atoms with Crippen molar-refractivity contribution < 1.29 is 19.0 Å². The minimum absolute atomic E-state index is 0.148. The fourth-order valence-electron chi connectivity index (χ4n) is 2.59. The topological polar surface area (TPSA) is 49.8 Å². The minimum Gasteiger partial charge on any atom is -0.444 e. The molecular formula is C16H21BrFNO3. The molecule has 0 radical (unpaired) electrons. The summed E-state index contributed by atoms with van der Waals surface area (Å²) in [7, 11) is 0. The van der Waals surface area contributed by atoms with Gasteiger partial charge in [0.05, 0.1) is 12.6 Å². The van der Waals surface area contributed by atoms with E-state index < -0.39 is 17.8 Å². The van der Waals surface area contributed by atoms with Crippen LogP contribution in [0.2, 0.25) is 0 Å². The fourth-order valence-corrected chi connectivity index (χ4v) is 2.92. The van der Waals surface area contributed by atoms with Gasteiger partial charge in [-0.3, -0.25) is 0 Å². The summed E-state index contributed by atoms with van der Waals surface area (Å²) in [6.07, 6.45) is -0.753. The number of likely N-dealkylation sites (tertiary alicyclic amines) is 1. The lowest BCUT2D eigenvalue weighted by atomic mass is 9.87. The maximum Gasteiger partial charge on any atom is 0.410 e. The van der Waals surface area contributed by atoms with Gasteiger partial charge in [0.15, 0.2) is 0 Å². The quantitative estimate of drug-likeness (QED) is 0.816. The number of piperidine rings is 1. The van der Waals surface area contributed by atoms with Gasteiger partial charge in [-0.1, -0.05) is 22.0 Å². The summed E-state index contributed by atoms with van der Waals surface area (Å²) in [5.41, 5.74) is -0.0870. The van der Waals surface area contributed by atoms with Gasteiger partial charge in [0.2, 0.25) is 0 Å². The van der Waals surface area contributed by atoms with Gasteiger partial charge in [0, 0.05) is 16.9 Å². The normalized spacial score (nSPS) is 22.5. The van der Waals surface area contributed by atoms with E-state index in [0.717, 1.165) is 0 Å². The summed E-state index contributed by atoms with van der Waals surface area (Å²) < 4.78 is 20.0. The monoisotopic (exact) mass is 373 g/mol. The minimum atomic E-state index is -0.808. The van der Waals surface area contributed by atoms with Gasteiger partial charge in [-0.15, -0.1) is 0 Å². The summed E-state index contributed by atoms with van der Waals surface area (Å²) in [6.45, 7) is 5.98. The number of carbonyl (C=O) groups excluding carboxylic acids is 1. The fraction of sp³-hybridized carbons (Fsp3) is 0.562. The molecule has 0 aromatic heterocycles. The molecule has 0 unspecified atom stereocenters. The Bertz CT molecular complexity index is 559. The molecule has 1 N–H and O–H groups in total. The molecule has 1 amide bonds. The molecule has 2 atom stereocenters. The van der Waals surface area contributed by atoms with Crippen LogP contribution in [0.4, 0.5) is 9.18 Å². The summed E-state index contributed by atoms with van der Waals surface area (Å²) >= 11 is 3.22. The van der Waals surface area contributed by atoms with Crippen molar-refractivity contribution in [3.8, 4) is 0 Å². The van der Waals surface area contributed by atoms with Crippen LogP contribution in [0.1, 0.15) is 38.7 Å². The Morgan fingerprint density at radius 2 is 2.14 bits per heavy atom. The number of amides is 1. The molecule has 1 saturated heterocycles. The van der Waals surface area contributed by atoms with Crippen molar-refractivity contribution >= 4 is 22.0 Å². The van der Waals surface area contributed by atoms with Crippen LogP contribution in [-0.4, -0.2) is 40.9 Å². The molecule has 0 spiro atoms. The Hall–Kier alpha value is -1.14. The zero-order valence-electron chi connectivity index (χ0n) is 13.0. The highest BCUT2D eigenvalue weighted by atomic mass is 79.9. The molecule has 1 aromatic rings. The number of aliphatic hydroxyl groups is 1. The number of nitrogens with zero attached hydrogens (tertiary/aromatic N) is 1. The summed E-state index contributed by atoms with van der Waals surface area (Å²) in [5, 5.41) is 10.3. The number of aliphatic hydroxyl groups excluding tert-OH is 1. The van der Waals surface area contributed by atoms with E-state index in [0.29, 0.717) is 23.0 Å². The van der Waals surface area contributed by atoms with Crippen LogP contribution in [0.3, 0.4) is 0 Å². The lowest BCUT2D eigenvalue weighted by Gasteiger charge is -2.37. The second-order valence-corrected chi connectivity index (χ2v) is 7.47. The zero-order chi connectivity index (χ0) is 16.5. The van der Waals surface area contributed by atoms with E-state index in [1.165, 1.54) is 11.0 Å². The lowest BCUT2D eigenvalue weighted by molar-refractivity contribution is -0.00180. The Morgan fingerprint density at radius 1 is 1.45 bits per heavy atom. The predicted molar refractivity (Wildman–Crippen MR) is 85.3 cm³/mol. The largest absolute Gasteiger partial charge is 0.444 e. The Balaban J connectivity index is 2.05. The van der Waals surface area contributed by atoms with Gasteiger partial charge in [0.25, 0.3) is 0 Å². The van der Waals surface area contributed by atoms with E-state index in [2.05, 4.69) is 15.9 Å². The van der Waals surface area contributed by atoms with Crippen LogP contribution in [0.5, 0.6) is 0 Å². The first-order chi connectivity index (χ1) is 10.2. The molecule has 4 nitrogen and oxygen atoms in total. The van der Waals surface area contributed by atoms with E-state index in [-0.39, 0.29) is 18.3 Å². The summed E-state index contributed by atoms with van der Waals surface area (Å²) in [6, 6.07) is 4.82. The lowest BCUT2D eigenvalue weighted by Crippen LogP contribution is -2.47. The molecule has 1 fully saturated rings. The average molecular weight is 374 g/mol. The Morgan fingerprint density at radius 3 is 2.68 bits per heavy atom. The van der Waals surface area contributed by atoms with Crippen LogP contribution in [0.15, 0.2) is 22.7 Å². The van der Waals surface area contributed by atoms with Crippen molar-refractivity contribution in [2.75, 3.05) is 13.1 Å². The number of ether oxygens (including phenoxy) is 1. The van der Waals surface area contributed by atoms with Gasteiger partial charge in [-0.05, 0) is 44.9 Å². The maximum absolute atomic E-state index is 14.0.